The highest BCUT2D eigenvalue weighted by Crippen LogP contribution is 2.10. The van der Waals surface area contributed by atoms with Crippen LogP contribution in [0.2, 0.25) is 0 Å². The van der Waals surface area contributed by atoms with Crippen LogP contribution in [-0.4, -0.2) is 29.4 Å². The maximum atomic E-state index is 11.9. The summed E-state index contributed by atoms with van der Waals surface area (Å²) in [7, 11) is 0. The van der Waals surface area contributed by atoms with Gasteiger partial charge in [0.1, 0.15) is 0 Å². The minimum Gasteiger partial charge on any atom is -0.399 e. The predicted octanol–water partition coefficient (Wildman–Crippen LogP) is 2.37. The molecule has 0 bridgehead atoms. The number of rotatable bonds is 6. The van der Waals surface area contributed by atoms with E-state index in [0.717, 1.165) is 24.2 Å². The zero-order chi connectivity index (χ0) is 12.7. The number of amides is 1. The van der Waals surface area contributed by atoms with E-state index in [9.17, 15) is 4.79 Å². The van der Waals surface area contributed by atoms with Gasteiger partial charge in [-0.15, -0.1) is 0 Å². The van der Waals surface area contributed by atoms with E-state index in [0.29, 0.717) is 12.3 Å². The molecule has 0 spiro atoms. The van der Waals surface area contributed by atoms with Crippen molar-refractivity contribution >= 4 is 23.4 Å². The molecule has 94 valence electrons. The van der Waals surface area contributed by atoms with Gasteiger partial charge < -0.3 is 10.6 Å². The molecule has 0 unspecified atom stereocenters. The summed E-state index contributed by atoms with van der Waals surface area (Å²) in [5.74, 6) is 0.755. The van der Waals surface area contributed by atoms with Gasteiger partial charge in [-0.05, 0) is 30.4 Å². The number of carbonyl (C=O) groups is 1. The molecule has 0 aliphatic rings. The summed E-state index contributed by atoms with van der Waals surface area (Å²) in [6.45, 7) is 3.57. The molecule has 1 aromatic carbocycles. The molecule has 0 radical (unpaired) electrons. The van der Waals surface area contributed by atoms with E-state index in [1.165, 1.54) is 0 Å². The summed E-state index contributed by atoms with van der Waals surface area (Å²) in [4.78, 5) is 13.8. The molecule has 0 saturated carbocycles. The summed E-state index contributed by atoms with van der Waals surface area (Å²) in [5, 5.41) is 0. The third-order valence-corrected chi connectivity index (χ3v) is 3.00. The fraction of sp³-hybridized carbons (Fsp3) is 0.462. The standard InChI is InChI=1S/C13H20N2OS/c1-3-8-15(13(16)10-17-2)9-11-4-6-12(14)7-5-11/h4-7H,3,8-10,14H2,1-2H3. The van der Waals surface area contributed by atoms with E-state index >= 15 is 0 Å². The molecule has 0 heterocycles. The van der Waals surface area contributed by atoms with Crippen molar-refractivity contribution in [1.29, 1.82) is 0 Å². The van der Waals surface area contributed by atoms with E-state index in [1.807, 2.05) is 35.4 Å². The number of carbonyl (C=O) groups excluding carboxylic acids is 1. The van der Waals surface area contributed by atoms with Crippen molar-refractivity contribution in [2.45, 2.75) is 19.9 Å². The highest BCUT2D eigenvalue weighted by Gasteiger charge is 2.12. The summed E-state index contributed by atoms with van der Waals surface area (Å²) < 4.78 is 0. The topological polar surface area (TPSA) is 46.3 Å². The summed E-state index contributed by atoms with van der Waals surface area (Å²) in [6, 6.07) is 7.70. The van der Waals surface area contributed by atoms with Crippen LogP contribution in [0.4, 0.5) is 5.69 Å². The normalized spacial score (nSPS) is 10.2. The molecular formula is C13H20N2OS. The monoisotopic (exact) mass is 252 g/mol. The Balaban J connectivity index is 2.65. The molecule has 1 amide bonds. The Morgan fingerprint density at radius 2 is 2.00 bits per heavy atom. The fourth-order valence-corrected chi connectivity index (χ4v) is 2.05. The van der Waals surface area contributed by atoms with Crippen LogP contribution in [0.5, 0.6) is 0 Å². The first-order chi connectivity index (χ1) is 8.17. The highest BCUT2D eigenvalue weighted by atomic mass is 32.2. The van der Waals surface area contributed by atoms with Gasteiger partial charge in [-0.25, -0.2) is 0 Å². The number of benzene rings is 1. The number of hydrogen-bond acceptors (Lipinski definition) is 3. The Morgan fingerprint density at radius 3 is 2.53 bits per heavy atom. The maximum Gasteiger partial charge on any atom is 0.232 e. The van der Waals surface area contributed by atoms with Gasteiger partial charge in [0.25, 0.3) is 0 Å². The van der Waals surface area contributed by atoms with Gasteiger partial charge in [0, 0.05) is 18.8 Å². The van der Waals surface area contributed by atoms with E-state index in [4.69, 9.17) is 5.73 Å². The largest absolute Gasteiger partial charge is 0.399 e. The number of nitrogen functional groups attached to an aromatic ring is 1. The summed E-state index contributed by atoms with van der Waals surface area (Å²) >= 11 is 1.57. The molecule has 1 aromatic rings. The van der Waals surface area contributed by atoms with Crippen molar-refractivity contribution < 1.29 is 4.79 Å². The van der Waals surface area contributed by atoms with E-state index in [2.05, 4.69) is 6.92 Å². The van der Waals surface area contributed by atoms with Crippen LogP contribution in [0.15, 0.2) is 24.3 Å². The van der Waals surface area contributed by atoms with Gasteiger partial charge in [0.05, 0.1) is 5.75 Å². The smallest absolute Gasteiger partial charge is 0.232 e. The highest BCUT2D eigenvalue weighted by molar-refractivity contribution is 7.99. The third kappa shape index (κ3) is 4.69. The molecular weight excluding hydrogens is 232 g/mol. The molecule has 0 fully saturated rings. The van der Waals surface area contributed by atoms with Crippen LogP contribution in [0.3, 0.4) is 0 Å². The summed E-state index contributed by atoms with van der Waals surface area (Å²) in [6.07, 6.45) is 2.93. The fourth-order valence-electron chi connectivity index (χ4n) is 1.62. The van der Waals surface area contributed by atoms with Crippen LogP contribution >= 0.6 is 11.8 Å². The van der Waals surface area contributed by atoms with Crippen molar-refractivity contribution in [3.05, 3.63) is 29.8 Å². The lowest BCUT2D eigenvalue weighted by molar-refractivity contribution is -0.129. The van der Waals surface area contributed by atoms with Crippen LogP contribution < -0.4 is 5.73 Å². The Labute approximate surface area is 107 Å². The average Bonchev–Trinajstić information content (AvgIpc) is 2.31. The minimum absolute atomic E-state index is 0.205. The minimum atomic E-state index is 0.205. The van der Waals surface area contributed by atoms with Crippen LogP contribution in [0.1, 0.15) is 18.9 Å². The lowest BCUT2D eigenvalue weighted by Crippen LogP contribution is -2.32. The number of hydrogen-bond donors (Lipinski definition) is 1. The van der Waals surface area contributed by atoms with Gasteiger partial charge in [-0.1, -0.05) is 19.1 Å². The molecule has 0 aliphatic carbocycles. The zero-order valence-corrected chi connectivity index (χ0v) is 11.3. The van der Waals surface area contributed by atoms with Crippen molar-refractivity contribution in [3.8, 4) is 0 Å². The van der Waals surface area contributed by atoms with Gasteiger partial charge >= 0.3 is 0 Å². The molecule has 0 aromatic heterocycles. The Hall–Kier alpha value is -1.16. The Kier molecular flexibility index (Phi) is 5.91. The number of nitrogens with two attached hydrogens (primary N) is 1. The molecule has 4 heteroatoms. The van der Waals surface area contributed by atoms with Gasteiger partial charge in [0.15, 0.2) is 0 Å². The molecule has 17 heavy (non-hydrogen) atoms. The van der Waals surface area contributed by atoms with Crippen molar-refractivity contribution in [2.75, 3.05) is 24.3 Å². The molecule has 2 N–H and O–H groups in total. The van der Waals surface area contributed by atoms with Gasteiger partial charge in [-0.2, -0.15) is 11.8 Å². The summed E-state index contributed by atoms with van der Waals surface area (Å²) in [5.41, 5.74) is 7.52. The second kappa shape index (κ2) is 7.22. The Morgan fingerprint density at radius 1 is 1.35 bits per heavy atom. The van der Waals surface area contributed by atoms with Crippen molar-refractivity contribution in [1.82, 2.24) is 4.90 Å². The first-order valence-electron chi connectivity index (χ1n) is 5.78. The first-order valence-corrected chi connectivity index (χ1v) is 7.18. The van der Waals surface area contributed by atoms with E-state index in [1.54, 1.807) is 11.8 Å². The molecule has 0 aliphatic heterocycles. The zero-order valence-electron chi connectivity index (χ0n) is 10.5. The first kappa shape index (κ1) is 13.9. The quantitative estimate of drug-likeness (QED) is 0.791. The van der Waals surface area contributed by atoms with Crippen LogP contribution in [0, 0.1) is 0 Å². The molecule has 1 rings (SSSR count). The average molecular weight is 252 g/mol. The van der Waals surface area contributed by atoms with Crippen molar-refractivity contribution in [3.63, 3.8) is 0 Å². The van der Waals surface area contributed by atoms with Crippen molar-refractivity contribution in [2.24, 2.45) is 0 Å². The lowest BCUT2D eigenvalue weighted by atomic mass is 10.2. The molecule has 0 atom stereocenters. The van der Waals surface area contributed by atoms with E-state index < -0.39 is 0 Å². The second-order valence-corrected chi connectivity index (χ2v) is 4.86. The maximum absolute atomic E-state index is 11.9. The number of anilines is 1. The number of thioether (sulfide) groups is 1. The SMILES string of the molecule is CCCN(Cc1ccc(N)cc1)C(=O)CSC. The molecule has 0 saturated heterocycles. The predicted molar refractivity (Wildman–Crippen MR) is 74.9 cm³/mol. The van der Waals surface area contributed by atoms with Crippen LogP contribution in [-0.2, 0) is 11.3 Å². The molecule has 3 nitrogen and oxygen atoms in total. The van der Waals surface area contributed by atoms with Crippen LogP contribution in [0.25, 0.3) is 0 Å². The Bertz CT molecular complexity index is 351. The third-order valence-electron chi connectivity index (χ3n) is 2.47. The van der Waals surface area contributed by atoms with Gasteiger partial charge in [-0.3, -0.25) is 4.79 Å². The van der Waals surface area contributed by atoms with Gasteiger partial charge in [0.2, 0.25) is 5.91 Å². The second-order valence-electron chi connectivity index (χ2n) is 3.99. The van der Waals surface area contributed by atoms with E-state index in [-0.39, 0.29) is 5.91 Å². The lowest BCUT2D eigenvalue weighted by Gasteiger charge is -2.22. The number of nitrogens with zero attached hydrogens (tertiary/aromatic N) is 1.